The van der Waals surface area contributed by atoms with Crippen molar-refractivity contribution in [1.29, 1.82) is 0 Å². The first-order valence-electron chi connectivity index (χ1n) is 10.4. The zero-order valence-corrected chi connectivity index (χ0v) is 17.5. The van der Waals surface area contributed by atoms with Crippen molar-refractivity contribution in [3.8, 4) is 0 Å². The van der Waals surface area contributed by atoms with Gasteiger partial charge >= 0.3 is 11.7 Å². The molecule has 9 heteroatoms. The number of fused-ring (bicyclic) bond motifs is 2. The van der Waals surface area contributed by atoms with E-state index >= 15 is 0 Å². The first kappa shape index (κ1) is 21.5. The van der Waals surface area contributed by atoms with Gasteiger partial charge in [0.2, 0.25) is 0 Å². The highest BCUT2D eigenvalue weighted by molar-refractivity contribution is 5.89. The van der Waals surface area contributed by atoms with Crippen LogP contribution < -0.4 is 11.2 Å². The van der Waals surface area contributed by atoms with E-state index in [-0.39, 0.29) is 13.2 Å². The van der Waals surface area contributed by atoms with Gasteiger partial charge in [0.05, 0.1) is 12.2 Å². The van der Waals surface area contributed by atoms with Gasteiger partial charge < -0.3 is 18.9 Å². The van der Waals surface area contributed by atoms with Gasteiger partial charge in [0.25, 0.3) is 5.56 Å². The normalized spacial score (nSPS) is 26.8. The minimum absolute atomic E-state index is 0.0817. The number of aryl methyl sites for hydroxylation is 1. The molecule has 2 saturated heterocycles. The number of H-pyrrole nitrogens is 1. The molecular formula is C22H26N2O7. The SMILES string of the molecule is CCCCOC1[C@@H]2OC[C@]1(COC(=O)c1ccccc1)O[C@H]2n1cc(C)c(=O)[nH]c1=O. The van der Waals surface area contributed by atoms with Gasteiger partial charge in [0, 0.05) is 18.4 Å². The minimum Gasteiger partial charge on any atom is -0.459 e. The highest BCUT2D eigenvalue weighted by atomic mass is 16.7. The minimum atomic E-state index is -1.04. The number of carbonyl (C=O) groups excluding carboxylic acids is 1. The molecular weight excluding hydrogens is 404 g/mol. The van der Waals surface area contributed by atoms with Crippen LogP contribution in [0.5, 0.6) is 0 Å². The van der Waals surface area contributed by atoms with E-state index in [2.05, 4.69) is 11.9 Å². The van der Waals surface area contributed by atoms with Gasteiger partial charge in [-0.3, -0.25) is 14.3 Å². The highest BCUT2D eigenvalue weighted by Crippen LogP contribution is 2.46. The number of benzene rings is 1. The van der Waals surface area contributed by atoms with E-state index in [1.165, 1.54) is 10.8 Å². The Morgan fingerprint density at radius 2 is 2.06 bits per heavy atom. The van der Waals surface area contributed by atoms with Crippen LogP contribution in [-0.2, 0) is 18.9 Å². The zero-order valence-electron chi connectivity index (χ0n) is 17.5. The summed E-state index contributed by atoms with van der Waals surface area (Å²) in [6.45, 7) is 4.24. The molecule has 2 aliphatic rings. The fourth-order valence-electron chi connectivity index (χ4n) is 3.94. The topological polar surface area (TPSA) is 109 Å². The summed E-state index contributed by atoms with van der Waals surface area (Å²) in [4.78, 5) is 38.9. The fraction of sp³-hybridized carbons (Fsp3) is 0.500. The van der Waals surface area contributed by atoms with Gasteiger partial charge in [-0.05, 0) is 25.5 Å². The summed E-state index contributed by atoms with van der Waals surface area (Å²) in [6, 6.07) is 8.67. The van der Waals surface area contributed by atoms with E-state index in [9.17, 15) is 14.4 Å². The maximum absolute atomic E-state index is 12.5. The summed E-state index contributed by atoms with van der Waals surface area (Å²) >= 11 is 0. The number of rotatable bonds is 8. The summed E-state index contributed by atoms with van der Waals surface area (Å²) in [5.74, 6) is -0.477. The Kier molecular flexibility index (Phi) is 6.08. The Bertz CT molecular complexity index is 1050. The van der Waals surface area contributed by atoms with E-state index in [1.807, 2.05) is 6.07 Å². The quantitative estimate of drug-likeness (QED) is 0.500. The zero-order chi connectivity index (χ0) is 22.0. The van der Waals surface area contributed by atoms with Crippen LogP contribution in [0.3, 0.4) is 0 Å². The van der Waals surface area contributed by atoms with Gasteiger partial charge in [0.15, 0.2) is 11.8 Å². The number of unbranched alkanes of at least 4 members (excludes halogenated alkanes) is 1. The number of esters is 1. The number of hydrogen-bond acceptors (Lipinski definition) is 7. The predicted molar refractivity (Wildman–Crippen MR) is 110 cm³/mol. The van der Waals surface area contributed by atoms with Gasteiger partial charge in [-0.25, -0.2) is 9.59 Å². The molecule has 31 heavy (non-hydrogen) atoms. The summed E-state index contributed by atoms with van der Waals surface area (Å²) in [5.41, 5.74) is -1.29. The lowest BCUT2D eigenvalue weighted by Crippen LogP contribution is -2.47. The molecule has 166 valence electrons. The van der Waals surface area contributed by atoms with E-state index in [0.29, 0.717) is 17.7 Å². The third-order valence-electron chi connectivity index (χ3n) is 5.65. The van der Waals surface area contributed by atoms with Crippen molar-refractivity contribution < 1.29 is 23.7 Å². The predicted octanol–water partition coefficient (Wildman–Crippen LogP) is 1.55. The second-order valence-electron chi connectivity index (χ2n) is 7.91. The van der Waals surface area contributed by atoms with Crippen molar-refractivity contribution in [3.63, 3.8) is 0 Å². The summed E-state index contributed by atoms with van der Waals surface area (Å²) in [5, 5.41) is 0. The van der Waals surface area contributed by atoms with Crippen LogP contribution in [0.1, 0.15) is 41.9 Å². The van der Waals surface area contributed by atoms with Crippen LogP contribution in [0.2, 0.25) is 0 Å². The molecule has 0 radical (unpaired) electrons. The van der Waals surface area contributed by atoms with Crippen LogP contribution in [-0.4, -0.2) is 53.2 Å². The first-order valence-corrected chi connectivity index (χ1v) is 10.4. The molecule has 0 aliphatic carbocycles. The maximum Gasteiger partial charge on any atom is 0.338 e. The average Bonchev–Trinajstić information content (AvgIpc) is 3.27. The maximum atomic E-state index is 12.5. The van der Waals surface area contributed by atoms with Crippen LogP contribution in [0.4, 0.5) is 0 Å². The second kappa shape index (κ2) is 8.78. The number of carbonyl (C=O) groups is 1. The molecule has 2 fully saturated rings. The summed E-state index contributed by atoms with van der Waals surface area (Å²) in [6.07, 6.45) is 1.35. The lowest BCUT2D eigenvalue weighted by Gasteiger charge is -2.31. The molecule has 2 aliphatic heterocycles. The molecule has 1 aromatic carbocycles. The molecule has 0 amide bonds. The molecule has 9 nitrogen and oxygen atoms in total. The van der Waals surface area contributed by atoms with Crippen molar-refractivity contribution in [2.75, 3.05) is 19.8 Å². The molecule has 0 spiro atoms. The molecule has 1 aromatic heterocycles. The third kappa shape index (κ3) is 4.08. The lowest BCUT2D eigenvalue weighted by molar-refractivity contribution is -0.189. The molecule has 2 aromatic rings. The smallest absolute Gasteiger partial charge is 0.338 e. The van der Waals surface area contributed by atoms with Crippen LogP contribution in [0.25, 0.3) is 0 Å². The van der Waals surface area contributed by atoms with Crippen molar-refractivity contribution in [2.24, 2.45) is 0 Å². The van der Waals surface area contributed by atoms with E-state index < -0.39 is 41.3 Å². The highest BCUT2D eigenvalue weighted by Gasteiger charge is 2.64. The Balaban J connectivity index is 1.58. The van der Waals surface area contributed by atoms with Gasteiger partial charge in [-0.2, -0.15) is 0 Å². The van der Waals surface area contributed by atoms with Gasteiger partial charge in [-0.15, -0.1) is 0 Å². The molecule has 4 atom stereocenters. The number of aromatic nitrogens is 2. The van der Waals surface area contributed by atoms with Crippen molar-refractivity contribution in [2.45, 2.75) is 50.7 Å². The molecule has 1 N–H and O–H groups in total. The van der Waals surface area contributed by atoms with Gasteiger partial charge in [-0.1, -0.05) is 31.5 Å². The molecule has 1 unspecified atom stereocenters. The lowest BCUT2D eigenvalue weighted by atomic mass is 10.00. The van der Waals surface area contributed by atoms with Crippen molar-refractivity contribution in [1.82, 2.24) is 9.55 Å². The summed E-state index contributed by atoms with van der Waals surface area (Å²) in [7, 11) is 0. The Morgan fingerprint density at radius 1 is 1.29 bits per heavy atom. The number of hydrogen-bond donors (Lipinski definition) is 1. The Morgan fingerprint density at radius 3 is 2.81 bits per heavy atom. The Hall–Kier alpha value is -2.75. The number of nitrogens with zero attached hydrogens (tertiary/aromatic N) is 1. The van der Waals surface area contributed by atoms with Crippen molar-refractivity contribution in [3.05, 3.63) is 68.5 Å². The van der Waals surface area contributed by atoms with E-state index in [4.69, 9.17) is 18.9 Å². The number of aromatic amines is 1. The monoisotopic (exact) mass is 430 g/mol. The van der Waals surface area contributed by atoms with Crippen LogP contribution in [0, 0.1) is 6.92 Å². The van der Waals surface area contributed by atoms with Gasteiger partial charge in [0.1, 0.15) is 18.8 Å². The van der Waals surface area contributed by atoms with E-state index in [1.54, 1.807) is 31.2 Å². The van der Waals surface area contributed by atoms with Crippen molar-refractivity contribution >= 4 is 5.97 Å². The third-order valence-corrected chi connectivity index (χ3v) is 5.65. The van der Waals surface area contributed by atoms with Crippen LogP contribution >= 0.6 is 0 Å². The molecule has 2 bridgehead atoms. The number of ether oxygens (including phenoxy) is 4. The molecule has 0 saturated carbocycles. The molecule has 4 rings (SSSR count). The first-order chi connectivity index (χ1) is 14.9. The van der Waals surface area contributed by atoms with E-state index in [0.717, 1.165) is 12.8 Å². The number of nitrogens with one attached hydrogen (secondary N) is 1. The second-order valence-corrected chi connectivity index (χ2v) is 7.91. The largest absolute Gasteiger partial charge is 0.459 e. The van der Waals surface area contributed by atoms with Crippen LogP contribution in [0.15, 0.2) is 46.1 Å². The average molecular weight is 430 g/mol. The fourth-order valence-corrected chi connectivity index (χ4v) is 3.94. The Labute approximate surface area is 178 Å². The molecule has 3 heterocycles. The summed E-state index contributed by atoms with van der Waals surface area (Å²) < 4.78 is 25.1. The standard InChI is InChI=1S/C22H26N2O7/c1-3-4-10-28-17-16-19(24-11-14(2)18(25)23-21(24)27)31-22(17,12-29-16)13-30-20(26)15-8-6-5-7-9-15/h5-9,11,16-17,19H,3-4,10,12-13H2,1-2H3,(H,23,25,27)/t16-,17?,19+,22+/m0/s1.